The number of hydrogen-bond donors (Lipinski definition) is 1. The van der Waals surface area contributed by atoms with Crippen LogP contribution in [0.1, 0.15) is 35.3 Å². The zero-order valence-electron chi connectivity index (χ0n) is 17.5. The topological polar surface area (TPSA) is 84.3 Å². The van der Waals surface area contributed by atoms with Crippen LogP contribution in [-0.2, 0) is 23.1 Å². The van der Waals surface area contributed by atoms with Gasteiger partial charge in [-0.05, 0) is 35.4 Å². The zero-order chi connectivity index (χ0) is 22.4. The van der Waals surface area contributed by atoms with Crippen molar-refractivity contribution in [3.05, 3.63) is 82.6 Å². The number of nitrogens with one attached hydrogen (secondary N) is 1. The molecule has 0 aliphatic rings. The molecule has 0 fully saturated rings. The lowest BCUT2D eigenvalue weighted by molar-refractivity contribution is 0.0951. The van der Waals surface area contributed by atoms with Gasteiger partial charge in [0.2, 0.25) is 10.0 Å². The van der Waals surface area contributed by atoms with Crippen LogP contribution in [0.4, 0.5) is 0 Å². The molecule has 0 atom stereocenters. The van der Waals surface area contributed by atoms with E-state index in [9.17, 15) is 13.2 Å². The van der Waals surface area contributed by atoms with E-state index in [-0.39, 0.29) is 22.0 Å². The SMILES string of the molecule is CCN(CC)S(=O)(=O)c1ccc(Cl)c(C(=O)NCc2cccc(Cn3cccn3)c2)c1. The van der Waals surface area contributed by atoms with E-state index in [2.05, 4.69) is 10.4 Å². The van der Waals surface area contributed by atoms with Crippen molar-refractivity contribution in [3.63, 3.8) is 0 Å². The Morgan fingerprint density at radius 3 is 2.52 bits per heavy atom. The summed E-state index contributed by atoms with van der Waals surface area (Å²) in [6, 6.07) is 13.9. The molecule has 0 saturated carbocycles. The lowest BCUT2D eigenvalue weighted by Gasteiger charge is -2.19. The monoisotopic (exact) mass is 460 g/mol. The minimum absolute atomic E-state index is 0.0481. The summed E-state index contributed by atoms with van der Waals surface area (Å²) in [5.41, 5.74) is 2.10. The Morgan fingerprint density at radius 2 is 1.84 bits per heavy atom. The molecular formula is C22H25ClN4O3S. The van der Waals surface area contributed by atoms with Gasteiger partial charge in [-0.25, -0.2) is 8.42 Å². The van der Waals surface area contributed by atoms with E-state index >= 15 is 0 Å². The van der Waals surface area contributed by atoms with E-state index in [1.54, 1.807) is 20.0 Å². The van der Waals surface area contributed by atoms with Gasteiger partial charge in [0.15, 0.2) is 0 Å². The molecule has 0 aliphatic heterocycles. The number of carbonyl (C=O) groups is 1. The number of nitrogens with zero attached hydrogens (tertiary/aromatic N) is 3. The van der Waals surface area contributed by atoms with Crippen LogP contribution in [0.15, 0.2) is 65.8 Å². The van der Waals surface area contributed by atoms with E-state index in [4.69, 9.17) is 11.6 Å². The van der Waals surface area contributed by atoms with Crippen LogP contribution in [0.25, 0.3) is 0 Å². The van der Waals surface area contributed by atoms with Crippen molar-refractivity contribution in [2.24, 2.45) is 0 Å². The molecule has 9 heteroatoms. The average molecular weight is 461 g/mol. The quantitative estimate of drug-likeness (QED) is 0.529. The first kappa shape index (κ1) is 23.0. The highest BCUT2D eigenvalue weighted by Crippen LogP contribution is 2.23. The van der Waals surface area contributed by atoms with Gasteiger partial charge in [-0.15, -0.1) is 0 Å². The van der Waals surface area contributed by atoms with Gasteiger partial charge < -0.3 is 5.32 Å². The molecular weight excluding hydrogens is 436 g/mol. The second kappa shape index (κ2) is 10.1. The molecule has 3 rings (SSSR count). The fourth-order valence-corrected chi connectivity index (χ4v) is 4.94. The molecule has 1 amide bonds. The maximum absolute atomic E-state index is 12.8. The molecule has 31 heavy (non-hydrogen) atoms. The third kappa shape index (κ3) is 5.52. The van der Waals surface area contributed by atoms with Gasteiger partial charge >= 0.3 is 0 Å². The van der Waals surface area contributed by atoms with Crippen LogP contribution in [0.5, 0.6) is 0 Å². The van der Waals surface area contributed by atoms with Gasteiger partial charge in [-0.2, -0.15) is 9.40 Å². The van der Waals surface area contributed by atoms with Crippen LogP contribution >= 0.6 is 11.6 Å². The first-order chi connectivity index (χ1) is 14.8. The average Bonchev–Trinajstić information content (AvgIpc) is 3.26. The highest BCUT2D eigenvalue weighted by Gasteiger charge is 2.23. The van der Waals surface area contributed by atoms with Crippen molar-refractivity contribution in [1.29, 1.82) is 0 Å². The predicted octanol–water partition coefficient (Wildman–Crippen LogP) is 3.55. The summed E-state index contributed by atoms with van der Waals surface area (Å²) in [5.74, 6) is -0.431. The van der Waals surface area contributed by atoms with Crippen LogP contribution in [0.2, 0.25) is 5.02 Å². The van der Waals surface area contributed by atoms with Crippen LogP contribution < -0.4 is 5.32 Å². The van der Waals surface area contributed by atoms with E-state index in [1.165, 1.54) is 22.5 Å². The van der Waals surface area contributed by atoms with Gasteiger partial charge in [-0.1, -0.05) is 49.7 Å². The molecule has 0 unspecified atom stereocenters. The largest absolute Gasteiger partial charge is 0.348 e. The summed E-state index contributed by atoms with van der Waals surface area (Å²) in [5, 5.41) is 7.22. The summed E-state index contributed by atoms with van der Waals surface area (Å²) in [7, 11) is -3.69. The highest BCUT2D eigenvalue weighted by molar-refractivity contribution is 7.89. The van der Waals surface area contributed by atoms with E-state index in [1.807, 2.05) is 41.2 Å². The summed E-state index contributed by atoms with van der Waals surface area (Å²) in [6.07, 6.45) is 3.61. The Labute approximate surface area is 187 Å². The van der Waals surface area contributed by atoms with Crippen molar-refractivity contribution in [2.75, 3.05) is 13.1 Å². The van der Waals surface area contributed by atoms with Crippen molar-refractivity contribution in [3.8, 4) is 0 Å². The number of benzene rings is 2. The first-order valence-electron chi connectivity index (χ1n) is 9.98. The number of carbonyl (C=O) groups excluding carboxylic acids is 1. The molecule has 2 aromatic carbocycles. The molecule has 3 aromatic rings. The van der Waals surface area contributed by atoms with Gasteiger partial charge in [0, 0.05) is 32.0 Å². The van der Waals surface area contributed by atoms with Gasteiger partial charge in [-0.3, -0.25) is 9.48 Å². The van der Waals surface area contributed by atoms with E-state index in [0.29, 0.717) is 19.6 Å². The smallest absolute Gasteiger partial charge is 0.253 e. The fraction of sp³-hybridized carbons (Fsp3) is 0.273. The van der Waals surface area contributed by atoms with E-state index < -0.39 is 15.9 Å². The van der Waals surface area contributed by atoms with Crippen LogP contribution in [0, 0.1) is 0 Å². The van der Waals surface area contributed by atoms with E-state index in [0.717, 1.165) is 11.1 Å². The minimum Gasteiger partial charge on any atom is -0.348 e. The van der Waals surface area contributed by atoms with Crippen molar-refractivity contribution < 1.29 is 13.2 Å². The molecule has 0 saturated heterocycles. The Bertz CT molecular complexity index is 1140. The number of rotatable bonds is 9. The molecule has 0 spiro atoms. The molecule has 7 nitrogen and oxygen atoms in total. The van der Waals surface area contributed by atoms with Crippen molar-refractivity contribution in [1.82, 2.24) is 19.4 Å². The Morgan fingerprint density at radius 1 is 1.10 bits per heavy atom. The molecule has 0 bridgehead atoms. The molecule has 1 aromatic heterocycles. The summed E-state index contributed by atoms with van der Waals surface area (Å²) < 4.78 is 28.7. The van der Waals surface area contributed by atoms with Crippen molar-refractivity contribution in [2.45, 2.75) is 31.8 Å². The minimum atomic E-state index is -3.69. The summed E-state index contributed by atoms with van der Waals surface area (Å²) in [4.78, 5) is 12.8. The molecule has 164 valence electrons. The van der Waals surface area contributed by atoms with Gasteiger partial charge in [0.1, 0.15) is 0 Å². The molecule has 1 heterocycles. The standard InChI is InChI=1S/C22H25ClN4O3S/c1-3-27(4-2)31(29,30)19-9-10-21(23)20(14-19)22(28)24-15-17-7-5-8-18(13-17)16-26-12-6-11-25-26/h5-14H,3-4,15-16H2,1-2H3,(H,24,28). The zero-order valence-corrected chi connectivity index (χ0v) is 19.0. The number of amides is 1. The van der Waals surface area contributed by atoms with Crippen molar-refractivity contribution >= 4 is 27.5 Å². The lowest BCUT2D eigenvalue weighted by Crippen LogP contribution is -2.31. The maximum Gasteiger partial charge on any atom is 0.253 e. The summed E-state index contributed by atoms with van der Waals surface area (Å²) in [6.45, 7) is 5.15. The maximum atomic E-state index is 12.8. The van der Waals surface area contributed by atoms with Crippen LogP contribution in [0.3, 0.4) is 0 Å². The fourth-order valence-electron chi connectivity index (χ4n) is 3.25. The summed E-state index contributed by atoms with van der Waals surface area (Å²) >= 11 is 6.20. The number of halogens is 1. The normalized spacial score (nSPS) is 11.6. The third-order valence-corrected chi connectivity index (χ3v) is 7.25. The van der Waals surface area contributed by atoms with Crippen LogP contribution in [-0.4, -0.2) is 41.5 Å². The number of sulfonamides is 1. The Kier molecular flexibility index (Phi) is 7.48. The first-order valence-corrected chi connectivity index (χ1v) is 11.8. The molecule has 1 N–H and O–H groups in total. The molecule has 0 radical (unpaired) electrons. The lowest BCUT2D eigenvalue weighted by atomic mass is 10.1. The Hall–Kier alpha value is -2.68. The highest BCUT2D eigenvalue weighted by atomic mass is 35.5. The number of hydrogen-bond acceptors (Lipinski definition) is 4. The molecule has 0 aliphatic carbocycles. The van der Waals surface area contributed by atoms with Gasteiger partial charge in [0.05, 0.1) is 22.0 Å². The second-order valence-corrected chi connectivity index (χ2v) is 9.28. The van der Waals surface area contributed by atoms with Gasteiger partial charge in [0.25, 0.3) is 5.91 Å². The number of aromatic nitrogens is 2. The second-order valence-electron chi connectivity index (χ2n) is 6.94. The Balaban J connectivity index is 1.74. The predicted molar refractivity (Wildman–Crippen MR) is 121 cm³/mol. The third-order valence-electron chi connectivity index (χ3n) is 4.87.